The number of hydroxylamine groups is 2. The van der Waals surface area contributed by atoms with E-state index < -0.39 is 17.8 Å². The molecule has 3 aliphatic heterocycles. The molecule has 1 saturated carbocycles. The molecule has 28 heavy (non-hydrogen) atoms. The topological polar surface area (TPSA) is 66.9 Å². The van der Waals surface area contributed by atoms with E-state index in [1.54, 1.807) is 24.3 Å². The summed E-state index contributed by atoms with van der Waals surface area (Å²) in [5, 5.41) is 0.628. The Hall–Kier alpha value is -2.99. The predicted molar refractivity (Wildman–Crippen MR) is 99.8 cm³/mol. The van der Waals surface area contributed by atoms with Gasteiger partial charge in [-0.25, -0.2) is 4.79 Å². The van der Waals surface area contributed by atoms with Crippen molar-refractivity contribution in [2.45, 2.75) is 13.0 Å². The zero-order valence-corrected chi connectivity index (χ0v) is 15.3. The molecule has 4 aliphatic rings. The quantitative estimate of drug-likeness (QED) is 0.767. The molecular formula is C22H20N2O4. The van der Waals surface area contributed by atoms with Crippen molar-refractivity contribution in [3.63, 3.8) is 0 Å². The lowest BCUT2D eigenvalue weighted by atomic mass is 9.61. The summed E-state index contributed by atoms with van der Waals surface area (Å²) in [6, 6.07) is 16.8. The number of piperidine rings is 2. The van der Waals surface area contributed by atoms with Gasteiger partial charge in [0.15, 0.2) is 0 Å². The van der Waals surface area contributed by atoms with Gasteiger partial charge in [0.25, 0.3) is 11.8 Å². The monoisotopic (exact) mass is 376 g/mol. The van der Waals surface area contributed by atoms with Crippen molar-refractivity contribution in [2.75, 3.05) is 13.1 Å². The first-order chi connectivity index (χ1) is 13.6. The van der Waals surface area contributed by atoms with E-state index in [9.17, 15) is 14.4 Å². The smallest absolute Gasteiger partial charge is 0.329 e. The number of benzene rings is 2. The number of imide groups is 1. The molecule has 2 aromatic carbocycles. The van der Waals surface area contributed by atoms with Crippen LogP contribution in [0.2, 0.25) is 0 Å². The lowest BCUT2D eigenvalue weighted by molar-refractivity contribution is -0.190. The number of hydrogen-bond donors (Lipinski definition) is 0. The highest BCUT2D eigenvalue weighted by atomic mass is 16.7. The molecule has 3 heterocycles. The second-order valence-corrected chi connectivity index (χ2v) is 7.82. The molecule has 2 bridgehead atoms. The van der Waals surface area contributed by atoms with Crippen LogP contribution in [0.1, 0.15) is 32.7 Å². The van der Waals surface area contributed by atoms with Gasteiger partial charge in [-0.2, -0.15) is 0 Å². The van der Waals surface area contributed by atoms with Gasteiger partial charge in [0.1, 0.15) is 0 Å². The van der Waals surface area contributed by atoms with Gasteiger partial charge in [0, 0.05) is 19.6 Å². The van der Waals surface area contributed by atoms with Gasteiger partial charge in [-0.15, -0.1) is 0 Å². The number of nitrogens with zero attached hydrogens (tertiary/aromatic N) is 2. The third kappa shape index (κ3) is 2.72. The second kappa shape index (κ2) is 6.56. The van der Waals surface area contributed by atoms with Gasteiger partial charge in [0.2, 0.25) is 0 Å². The number of carbonyl (C=O) groups excluding carboxylic acids is 3. The minimum absolute atomic E-state index is 0.213. The molecule has 2 saturated heterocycles. The van der Waals surface area contributed by atoms with Gasteiger partial charge in [0.05, 0.1) is 17.0 Å². The fourth-order valence-corrected chi connectivity index (χ4v) is 4.74. The van der Waals surface area contributed by atoms with Crippen molar-refractivity contribution in [3.8, 4) is 0 Å². The number of rotatable bonds is 4. The molecule has 142 valence electrons. The van der Waals surface area contributed by atoms with Crippen molar-refractivity contribution in [1.29, 1.82) is 0 Å². The van der Waals surface area contributed by atoms with Crippen LogP contribution in [0.4, 0.5) is 0 Å². The Bertz CT molecular complexity index is 911. The fourth-order valence-electron chi connectivity index (χ4n) is 4.74. The highest BCUT2D eigenvalue weighted by Crippen LogP contribution is 2.46. The van der Waals surface area contributed by atoms with Crippen molar-refractivity contribution in [1.82, 2.24) is 9.96 Å². The van der Waals surface area contributed by atoms with Crippen LogP contribution in [-0.4, -0.2) is 40.8 Å². The zero-order chi connectivity index (χ0) is 19.3. The van der Waals surface area contributed by atoms with Crippen LogP contribution in [0.15, 0.2) is 54.6 Å². The summed E-state index contributed by atoms with van der Waals surface area (Å²) in [7, 11) is 0. The number of hydrogen-bond acceptors (Lipinski definition) is 5. The van der Waals surface area contributed by atoms with Crippen molar-refractivity contribution >= 4 is 17.8 Å². The maximum absolute atomic E-state index is 12.7. The molecule has 0 N–H and O–H groups in total. The van der Waals surface area contributed by atoms with Gasteiger partial charge >= 0.3 is 5.97 Å². The Morgan fingerprint density at radius 1 is 0.893 bits per heavy atom. The largest absolute Gasteiger partial charge is 0.336 e. The normalized spacial score (nSPS) is 26.0. The maximum atomic E-state index is 12.7. The van der Waals surface area contributed by atoms with E-state index in [0.29, 0.717) is 5.06 Å². The third-order valence-electron chi connectivity index (χ3n) is 6.07. The molecule has 0 spiro atoms. The molecule has 2 unspecified atom stereocenters. The van der Waals surface area contributed by atoms with Crippen LogP contribution in [-0.2, 0) is 16.2 Å². The standard InChI is InChI=1S/C22H20N2O4/c25-20-17-8-4-5-9-18(17)21(26)24(20)28-22(27)19-15-10-16(19)13-23(12-15)11-14-6-2-1-3-7-14/h1-9,15-16,19H,10-13H2. The molecule has 6 rings (SSSR count). The van der Waals surface area contributed by atoms with Crippen molar-refractivity contribution in [2.24, 2.45) is 17.8 Å². The summed E-state index contributed by atoms with van der Waals surface area (Å²) in [6.07, 6.45) is 0.993. The van der Waals surface area contributed by atoms with Crippen LogP contribution in [0.25, 0.3) is 0 Å². The van der Waals surface area contributed by atoms with Crippen LogP contribution in [0.3, 0.4) is 0 Å². The first kappa shape index (κ1) is 17.1. The number of amides is 2. The summed E-state index contributed by atoms with van der Waals surface area (Å²) >= 11 is 0. The molecule has 0 radical (unpaired) electrons. The number of carbonyl (C=O) groups is 3. The van der Waals surface area contributed by atoms with E-state index in [4.69, 9.17) is 4.84 Å². The summed E-state index contributed by atoms with van der Waals surface area (Å²) in [5.74, 6) is -1.41. The Kier molecular flexibility index (Phi) is 4.02. The van der Waals surface area contributed by atoms with E-state index in [0.717, 1.165) is 26.1 Å². The minimum Gasteiger partial charge on any atom is -0.329 e. The summed E-state index contributed by atoms with van der Waals surface area (Å²) in [4.78, 5) is 45.2. The van der Waals surface area contributed by atoms with Crippen LogP contribution in [0, 0.1) is 17.8 Å². The van der Waals surface area contributed by atoms with Gasteiger partial charge in [-0.3, -0.25) is 14.5 Å². The molecule has 2 aromatic rings. The van der Waals surface area contributed by atoms with Crippen LogP contribution >= 0.6 is 0 Å². The van der Waals surface area contributed by atoms with Gasteiger partial charge in [-0.05, 0) is 36.0 Å². The number of fused-ring (bicyclic) bond motifs is 3. The third-order valence-corrected chi connectivity index (χ3v) is 6.07. The van der Waals surface area contributed by atoms with Crippen LogP contribution < -0.4 is 0 Å². The first-order valence-electron chi connectivity index (χ1n) is 9.57. The molecule has 6 nitrogen and oxygen atoms in total. The molecule has 2 amide bonds. The van der Waals surface area contributed by atoms with E-state index in [1.807, 2.05) is 18.2 Å². The second-order valence-electron chi connectivity index (χ2n) is 7.82. The summed E-state index contributed by atoms with van der Waals surface area (Å²) < 4.78 is 0. The highest BCUT2D eigenvalue weighted by Gasteiger charge is 2.52. The molecule has 2 atom stereocenters. The van der Waals surface area contributed by atoms with Crippen LogP contribution in [0.5, 0.6) is 0 Å². The van der Waals surface area contributed by atoms with E-state index in [2.05, 4.69) is 17.0 Å². The Balaban J connectivity index is 1.23. The molecular weight excluding hydrogens is 356 g/mol. The summed E-state index contributed by atoms with van der Waals surface area (Å²) in [6.45, 7) is 2.52. The predicted octanol–water partition coefficient (Wildman–Crippen LogP) is 2.51. The SMILES string of the molecule is O=C(ON1C(=O)c2ccccc2C1=O)C1C2CC1CN(Cc1ccccc1)C2. The average molecular weight is 376 g/mol. The Morgan fingerprint density at radius 2 is 1.46 bits per heavy atom. The van der Waals surface area contributed by atoms with Gasteiger partial charge in [-0.1, -0.05) is 47.5 Å². The highest BCUT2D eigenvalue weighted by molar-refractivity contribution is 6.20. The zero-order valence-electron chi connectivity index (χ0n) is 15.3. The fraction of sp³-hybridized carbons (Fsp3) is 0.318. The van der Waals surface area contributed by atoms with E-state index in [-0.39, 0.29) is 28.9 Å². The lowest BCUT2D eigenvalue weighted by Gasteiger charge is -2.52. The van der Waals surface area contributed by atoms with E-state index >= 15 is 0 Å². The Morgan fingerprint density at radius 3 is 2.07 bits per heavy atom. The van der Waals surface area contributed by atoms with Crippen molar-refractivity contribution < 1.29 is 19.2 Å². The first-order valence-corrected chi connectivity index (χ1v) is 9.57. The van der Waals surface area contributed by atoms with Gasteiger partial charge < -0.3 is 4.84 Å². The molecule has 0 aromatic heterocycles. The molecule has 3 fully saturated rings. The lowest BCUT2D eigenvalue weighted by Crippen LogP contribution is -2.58. The Labute approximate surface area is 162 Å². The summed E-state index contributed by atoms with van der Waals surface area (Å²) in [5.41, 5.74) is 1.82. The molecule has 6 heteroatoms. The average Bonchev–Trinajstić information content (AvgIpc) is 2.94. The van der Waals surface area contributed by atoms with Crippen molar-refractivity contribution in [3.05, 3.63) is 71.3 Å². The van der Waals surface area contributed by atoms with E-state index in [1.165, 1.54) is 5.56 Å². The molecule has 1 aliphatic carbocycles. The minimum atomic E-state index is -0.566. The maximum Gasteiger partial charge on any atom is 0.336 e.